The minimum atomic E-state index is -1.71. The van der Waals surface area contributed by atoms with Crippen LogP contribution < -0.4 is 10.2 Å². The average Bonchev–Trinajstić information content (AvgIpc) is 2.94. The van der Waals surface area contributed by atoms with E-state index in [4.69, 9.17) is 23.4 Å². The number of hydrogen-bond donors (Lipinski definition) is 8. The Morgan fingerprint density at radius 3 is 2.24 bits per heavy atom. The molecule has 3 aromatic rings. The van der Waals surface area contributed by atoms with Crippen molar-refractivity contribution in [2.24, 2.45) is 0 Å². The average molecular weight is 579 g/mol. The van der Waals surface area contributed by atoms with E-state index in [1.165, 1.54) is 43.5 Å². The molecule has 0 bridgehead atoms. The van der Waals surface area contributed by atoms with E-state index in [0.717, 1.165) is 6.07 Å². The van der Waals surface area contributed by atoms with Gasteiger partial charge in [0.15, 0.2) is 12.4 Å². The third-order valence-corrected chi connectivity index (χ3v) is 7.18. The number of ether oxygens (including phenoxy) is 4. The Balaban J connectivity index is 1.39. The number of aliphatic hydroxyl groups is 6. The number of aromatic hydroxyl groups is 2. The van der Waals surface area contributed by atoms with Crippen LogP contribution in [0, 0.1) is 0 Å². The first-order valence-corrected chi connectivity index (χ1v) is 12.7. The highest BCUT2D eigenvalue weighted by Gasteiger charge is 2.50. The summed E-state index contributed by atoms with van der Waals surface area (Å²) in [7, 11) is 0. The van der Waals surface area contributed by atoms with Gasteiger partial charge in [-0.1, -0.05) is 12.1 Å². The van der Waals surface area contributed by atoms with Gasteiger partial charge in [-0.15, -0.1) is 0 Å². The summed E-state index contributed by atoms with van der Waals surface area (Å²) in [5, 5.41) is 80.9. The molecule has 0 aliphatic carbocycles. The Morgan fingerprint density at radius 1 is 0.854 bits per heavy atom. The quantitative estimate of drug-likeness (QED) is 0.174. The van der Waals surface area contributed by atoms with Crippen molar-refractivity contribution in [3.8, 4) is 28.4 Å². The van der Waals surface area contributed by atoms with Crippen LogP contribution in [0.25, 0.3) is 22.1 Å². The number of phenolic OH excluding ortho intramolecular Hbond substituents is 2. The minimum Gasteiger partial charge on any atom is -0.508 e. The van der Waals surface area contributed by atoms with Crippen LogP contribution in [-0.4, -0.2) is 109 Å². The fourth-order valence-electron chi connectivity index (χ4n) is 4.84. The second-order valence-corrected chi connectivity index (χ2v) is 9.95. The highest BCUT2D eigenvalue weighted by Crippen LogP contribution is 2.32. The first kappa shape index (κ1) is 29.2. The highest BCUT2D eigenvalue weighted by atomic mass is 16.8. The zero-order valence-electron chi connectivity index (χ0n) is 21.5. The largest absolute Gasteiger partial charge is 0.508 e. The molecule has 41 heavy (non-hydrogen) atoms. The van der Waals surface area contributed by atoms with E-state index in [9.17, 15) is 45.6 Å². The maximum Gasteiger partial charge on any atom is 0.229 e. The number of hydrogen-bond acceptors (Lipinski definition) is 14. The number of aliphatic hydroxyl groups excluding tert-OH is 6. The standard InChI is InChI=1S/C27H30O14/c1-10-19(31)22(34)24(36)26(38-10)41-25-23(35)21(33)17(8-28)40-27(25)39-13-4-2-11(3-5-13)14-9-37-16-7-12(29)6-15(30)18(16)20(14)32/h2-7,9-10,17,19,21-31,33-36H,8H2,1H3/t10?,17?,19-,21-,22?,23?,24-,25?,26-,27-/m0/s1. The SMILES string of the molecule is CC1O[C@@H](OC2C(O)[C@@H](O)C(CO)O[C@@H]2Oc2ccc(-c3coc4cc(O)cc(O)c4c3=O)cc2)[C@@H](O)C(O)[C@H]1O. The summed E-state index contributed by atoms with van der Waals surface area (Å²) in [5.41, 5.74) is -0.0459. The lowest BCUT2D eigenvalue weighted by Crippen LogP contribution is -2.64. The second kappa shape index (κ2) is 11.5. The molecule has 0 spiro atoms. The molecule has 3 heterocycles. The summed E-state index contributed by atoms with van der Waals surface area (Å²) in [6.07, 6.45) is -13.5. The highest BCUT2D eigenvalue weighted by molar-refractivity contribution is 5.88. The van der Waals surface area contributed by atoms with Crippen molar-refractivity contribution in [1.82, 2.24) is 0 Å². The van der Waals surface area contributed by atoms with Gasteiger partial charge in [0.05, 0.1) is 18.3 Å². The predicted octanol–water partition coefficient (Wildman–Crippen LogP) is -1.10. The molecule has 5 rings (SSSR count). The zero-order chi connectivity index (χ0) is 29.6. The van der Waals surface area contributed by atoms with E-state index in [0.29, 0.717) is 5.56 Å². The molecule has 222 valence electrons. The van der Waals surface area contributed by atoms with Crippen LogP contribution in [0.1, 0.15) is 6.92 Å². The Kier molecular flexibility index (Phi) is 8.20. The summed E-state index contributed by atoms with van der Waals surface area (Å²) in [5.74, 6) is -0.563. The van der Waals surface area contributed by atoms with Crippen LogP contribution >= 0.6 is 0 Å². The lowest BCUT2D eigenvalue weighted by atomic mass is 9.97. The van der Waals surface area contributed by atoms with Gasteiger partial charge in [0.1, 0.15) is 71.1 Å². The second-order valence-electron chi connectivity index (χ2n) is 9.95. The summed E-state index contributed by atoms with van der Waals surface area (Å²) in [6.45, 7) is 0.772. The topological polar surface area (TPSA) is 229 Å². The molecule has 14 heteroatoms. The lowest BCUT2D eigenvalue weighted by molar-refractivity contribution is -0.354. The maximum absolute atomic E-state index is 13.0. The van der Waals surface area contributed by atoms with Crippen molar-refractivity contribution in [1.29, 1.82) is 0 Å². The molecule has 1 aromatic heterocycles. The van der Waals surface area contributed by atoms with Crippen LogP contribution in [0.3, 0.4) is 0 Å². The van der Waals surface area contributed by atoms with Crippen LogP contribution in [0.15, 0.2) is 51.9 Å². The number of benzene rings is 2. The van der Waals surface area contributed by atoms with Gasteiger partial charge in [-0.3, -0.25) is 4.79 Å². The molecule has 10 atom stereocenters. The molecular formula is C27H30O14. The summed E-state index contributed by atoms with van der Waals surface area (Å²) in [6, 6.07) is 8.14. The molecule has 0 saturated carbocycles. The van der Waals surface area contributed by atoms with E-state index in [1.807, 2.05) is 0 Å². The van der Waals surface area contributed by atoms with Gasteiger partial charge in [-0.2, -0.15) is 0 Å². The molecule has 0 radical (unpaired) electrons. The van der Waals surface area contributed by atoms with Gasteiger partial charge >= 0.3 is 0 Å². The van der Waals surface area contributed by atoms with E-state index in [-0.39, 0.29) is 28.0 Å². The normalized spacial score (nSPS) is 34.0. The van der Waals surface area contributed by atoms with E-state index in [1.54, 1.807) is 0 Å². The zero-order valence-corrected chi connectivity index (χ0v) is 21.5. The lowest BCUT2D eigenvalue weighted by Gasteiger charge is -2.45. The van der Waals surface area contributed by atoms with Crippen LogP contribution in [0.2, 0.25) is 0 Å². The molecule has 2 saturated heterocycles. The Bertz CT molecular complexity index is 1420. The fourth-order valence-corrected chi connectivity index (χ4v) is 4.84. The van der Waals surface area contributed by atoms with Crippen molar-refractivity contribution in [3.63, 3.8) is 0 Å². The third kappa shape index (κ3) is 5.49. The predicted molar refractivity (Wildman–Crippen MR) is 137 cm³/mol. The molecule has 2 aliphatic heterocycles. The van der Waals surface area contributed by atoms with Gasteiger partial charge in [-0.25, -0.2) is 0 Å². The molecule has 2 fully saturated rings. The number of fused-ring (bicyclic) bond motifs is 1. The molecule has 8 N–H and O–H groups in total. The monoisotopic (exact) mass is 578 g/mol. The van der Waals surface area contributed by atoms with Gasteiger partial charge in [0.25, 0.3) is 0 Å². The molecular weight excluding hydrogens is 548 g/mol. The van der Waals surface area contributed by atoms with Crippen molar-refractivity contribution < 1.29 is 64.2 Å². The Morgan fingerprint density at radius 2 is 1.56 bits per heavy atom. The van der Waals surface area contributed by atoms with Crippen LogP contribution in [0.5, 0.6) is 17.2 Å². The minimum absolute atomic E-state index is 0.000592. The maximum atomic E-state index is 13.0. The number of phenols is 2. The van der Waals surface area contributed by atoms with Crippen molar-refractivity contribution in [3.05, 3.63) is 52.9 Å². The summed E-state index contributed by atoms with van der Waals surface area (Å²) >= 11 is 0. The van der Waals surface area contributed by atoms with E-state index in [2.05, 4.69) is 0 Å². The van der Waals surface area contributed by atoms with E-state index < -0.39 is 79.2 Å². The molecule has 14 nitrogen and oxygen atoms in total. The third-order valence-electron chi connectivity index (χ3n) is 7.18. The first-order valence-electron chi connectivity index (χ1n) is 12.7. The first-order chi connectivity index (χ1) is 19.5. The summed E-state index contributed by atoms with van der Waals surface area (Å²) < 4.78 is 28.0. The molecule has 2 aliphatic rings. The van der Waals surface area contributed by atoms with Gasteiger partial charge < -0.3 is 64.2 Å². The molecule has 5 unspecified atom stereocenters. The van der Waals surface area contributed by atoms with Crippen LogP contribution in [-0.2, 0) is 14.2 Å². The molecule has 0 amide bonds. The summed E-state index contributed by atoms with van der Waals surface area (Å²) in [4.78, 5) is 13.0. The van der Waals surface area contributed by atoms with Crippen molar-refractivity contribution in [2.75, 3.05) is 6.61 Å². The number of rotatable bonds is 6. The smallest absolute Gasteiger partial charge is 0.229 e. The van der Waals surface area contributed by atoms with Gasteiger partial charge in [0.2, 0.25) is 11.7 Å². The fraction of sp³-hybridized carbons (Fsp3) is 0.444. The van der Waals surface area contributed by atoms with Crippen molar-refractivity contribution >= 4 is 11.0 Å². The van der Waals surface area contributed by atoms with Crippen LogP contribution in [0.4, 0.5) is 0 Å². The Hall–Kier alpha value is -3.31. The molecule has 2 aromatic carbocycles. The van der Waals surface area contributed by atoms with Gasteiger partial charge in [0, 0.05) is 12.1 Å². The van der Waals surface area contributed by atoms with Gasteiger partial charge in [-0.05, 0) is 24.6 Å². The van der Waals surface area contributed by atoms with Crippen molar-refractivity contribution in [2.45, 2.75) is 68.3 Å². The Labute approximate surface area is 231 Å². The van der Waals surface area contributed by atoms with E-state index >= 15 is 0 Å².